The minimum atomic E-state index is -0.623. The van der Waals surface area contributed by atoms with Gasteiger partial charge >= 0.3 is 6.09 Å². The minimum Gasteiger partial charge on any atom is -0.444 e. The molecular weight excluding hydrogens is 576 g/mol. The van der Waals surface area contributed by atoms with E-state index in [1.165, 1.54) is 5.57 Å². The van der Waals surface area contributed by atoms with Crippen LogP contribution < -0.4 is 0 Å². The Morgan fingerprint density at radius 3 is 2.59 bits per heavy atom. The van der Waals surface area contributed by atoms with E-state index in [0.717, 1.165) is 60.1 Å². The summed E-state index contributed by atoms with van der Waals surface area (Å²) in [4.78, 5) is 31.1. The number of rotatable bonds is 9. The number of carbonyl (C=O) groups is 2. The maximum atomic E-state index is 14.4. The van der Waals surface area contributed by atoms with Crippen LogP contribution in [-0.4, -0.2) is 59.9 Å². The maximum absolute atomic E-state index is 14.4. The van der Waals surface area contributed by atoms with Crippen LogP contribution in [0.1, 0.15) is 82.1 Å². The molecule has 2 amide bonds. The standard InChI is InChI=1S/C39H48N2O5/c1-5-40(26-29-14-12-15-30(24-29)28-45-36-20-10-11-23-44-36)37(42)35-27-41(38(43)46-39(2,3)4)22-21-34(35)33-19-13-18-32(25-33)31-16-8-6-7-9-17-31/h6-9,12-16,18-19,24-25,36H,5,10-11,17,20-23,26-28H2,1-4H3. The highest BCUT2D eigenvalue weighted by molar-refractivity contribution is 6.02. The van der Waals surface area contributed by atoms with Crippen molar-refractivity contribution in [1.29, 1.82) is 0 Å². The lowest BCUT2D eigenvalue weighted by Gasteiger charge is -2.34. The predicted molar refractivity (Wildman–Crippen MR) is 183 cm³/mol. The molecule has 2 heterocycles. The molecule has 1 aliphatic carbocycles. The van der Waals surface area contributed by atoms with Crippen LogP contribution >= 0.6 is 0 Å². The van der Waals surface area contributed by atoms with Crippen LogP contribution in [0.4, 0.5) is 4.79 Å². The quantitative estimate of drug-likeness (QED) is 0.282. The molecule has 2 aliphatic heterocycles. The van der Waals surface area contributed by atoms with Crippen LogP contribution in [0.3, 0.4) is 0 Å². The summed E-state index contributed by atoms with van der Waals surface area (Å²) in [6.45, 7) is 10.5. The summed E-state index contributed by atoms with van der Waals surface area (Å²) >= 11 is 0. The maximum Gasteiger partial charge on any atom is 0.410 e. The van der Waals surface area contributed by atoms with E-state index in [0.29, 0.717) is 38.2 Å². The highest BCUT2D eigenvalue weighted by atomic mass is 16.7. The highest BCUT2D eigenvalue weighted by Crippen LogP contribution is 2.32. The summed E-state index contributed by atoms with van der Waals surface area (Å²) in [6, 6.07) is 16.7. The van der Waals surface area contributed by atoms with Gasteiger partial charge in [-0.3, -0.25) is 4.79 Å². The molecule has 0 spiro atoms. The fourth-order valence-corrected chi connectivity index (χ4v) is 6.05. The van der Waals surface area contributed by atoms with Crippen molar-refractivity contribution in [2.24, 2.45) is 0 Å². The zero-order chi connectivity index (χ0) is 32.5. The first-order chi connectivity index (χ1) is 22.2. The Morgan fingerprint density at radius 1 is 1.00 bits per heavy atom. The van der Waals surface area contributed by atoms with E-state index in [2.05, 4.69) is 54.6 Å². The summed E-state index contributed by atoms with van der Waals surface area (Å²) in [6.07, 6.45) is 14.4. The Balaban J connectivity index is 1.41. The fraction of sp³-hybridized carbons (Fsp3) is 0.436. The average Bonchev–Trinajstić information content (AvgIpc) is 3.36. The SMILES string of the molecule is CCN(Cc1cccc(COC2CCCCO2)c1)C(=O)C1=C(c2cccc(C3=CC=CC=CC3)c2)CCN(C(=O)OC(C)(C)C)C1. The molecule has 0 bridgehead atoms. The molecule has 1 fully saturated rings. The number of carbonyl (C=O) groups excluding carboxylic acids is 2. The Hall–Kier alpha value is -3.94. The van der Waals surface area contributed by atoms with Crippen LogP contribution in [0.2, 0.25) is 0 Å². The summed E-state index contributed by atoms with van der Waals surface area (Å²) < 4.78 is 17.5. The molecule has 0 N–H and O–H groups in total. The molecule has 1 saturated heterocycles. The average molecular weight is 625 g/mol. The molecule has 2 aromatic rings. The lowest BCUT2D eigenvalue weighted by atomic mass is 9.90. The first-order valence-corrected chi connectivity index (χ1v) is 16.6. The van der Waals surface area contributed by atoms with E-state index in [4.69, 9.17) is 14.2 Å². The number of benzene rings is 2. The molecule has 7 heteroatoms. The van der Waals surface area contributed by atoms with Gasteiger partial charge in [-0.1, -0.05) is 72.8 Å². The number of amides is 2. The summed E-state index contributed by atoms with van der Waals surface area (Å²) in [5.41, 5.74) is 6.46. The molecule has 0 saturated carbocycles. The van der Waals surface area contributed by atoms with Gasteiger partial charge in [0.05, 0.1) is 13.2 Å². The van der Waals surface area contributed by atoms with Crippen molar-refractivity contribution in [3.05, 3.63) is 107 Å². The lowest BCUT2D eigenvalue weighted by Crippen LogP contribution is -2.44. The topological polar surface area (TPSA) is 68.3 Å². The van der Waals surface area contributed by atoms with Gasteiger partial charge in [0.1, 0.15) is 5.60 Å². The number of likely N-dealkylation sites (N-methyl/N-ethyl adjacent to an activating group) is 1. The number of allylic oxidation sites excluding steroid dienone is 6. The third kappa shape index (κ3) is 9.08. The third-order valence-electron chi connectivity index (χ3n) is 8.44. The number of nitrogens with zero attached hydrogens (tertiary/aromatic N) is 2. The molecular formula is C39H48N2O5. The second-order valence-electron chi connectivity index (χ2n) is 13.1. The summed E-state index contributed by atoms with van der Waals surface area (Å²) in [7, 11) is 0. The zero-order valence-corrected chi connectivity index (χ0v) is 27.8. The monoisotopic (exact) mass is 624 g/mol. The molecule has 1 unspecified atom stereocenters. The van der Waals surface area contributed by atoms with Crippen molar-refractivity contribution in [1.82, 2.24) is 9.80 Å². The zero-order valence-electron chi connectivity index (χ0n) is 27.8. The Bertz CT molecular complexity index is 1510. The molecule has 5 rings (SSSR count). The second kappa shape index (κ2) is 15.6. The van der Waals surface area contributed by atoms with E-state index >= 15 is 0 Å². The molecule has 0 aromatic heterocycles. The van der Waals surface area contributed by atoms with Crippen molar-refractivity contribution in [2.75, 3.05) is 26.2 Å². The minimum absolute atomic E-state index is 0.0621. The Labute approximate surface area is 274 Å². The molecule has 1 atom stereocenters. The van der Waals surface area contributed by atoms with Gasteiger partial charge in [-0.2, -0.15) is 0 Å². The normalized spacial score (nSPS) is 18.7. The highest BCUT2D eigenvalue weighted by Gasteiger charge is 2.32. The molecule has 3 aliphatic rings. The molecule has 2 aromatic carbocycles. The largest absolute Gasteiger partial charge is 0.444 e. The van der Waals surface area contributed by atoms with Crippen molar-refractivity contribution in [2.45, 2.75) is 84.8 Å². The molecule has 0 radical (unpaired) electrons. The number of hydrogen-bond acceptors (Lipinski definition) is 5. The van der Waals surface area contributed by atoms with E-state index in [-0.39, 0.29) is 18.7 Å². The summed E-state index contributed by atoms with van der Waals surface area (Å²) in [5.74, 6) is -0.0621. The Kier molecular flexibility index (Phi) is 11.3. The first kappa shape index (κ1) is 33.4. The van der Waals surface area contributed by atoms with Crippen LogP contribution in [0, 0.1) is 0 Å². The van der Waals surface area contributed by atoms with Crippen molar-refractivity contribution in [3.8, 4) is 0 Å². The third-order valence-corrected chi connectivity index (χ3v) is 8.44. The van der Waals surface area contributed by atoms with Crippen LogP contribution in [0.25, 0.3) is 11.1 Å². The molecule has 46 heavy (non-hydrogen) atoms. The van der Waals surface area contributed by atoms with Gasteiger partial charge < -0.3 is 24.0 Å². The second-order valence-corrected chi connectivity index (χ2v) is 13.1. The van der Waals surface area contributed by atoms with Gasteiger partial charge in [-0.15, -0.1) is 0 Å². The number of hydrogen-bond donors (Lipinski definition) is 0. The predicted octanol–water partition coefficient (Wildman–Crippen LogP) is 8.07. The van der Waals surface area contributed by atoms with E-state index < -0.39 is 11.7 Å². The van der Waals surface area contributed by atoms with Gasteiger partial charge in [0, 0.05) is 31.8 Å². The van der Waals surface area contributed by atoms with Gasteiger partial charge in [0.25, 0.3) is 5.91 Å². The molecule has 244 valence electrons. The summed E-state index contributed by atoms with van der Waals surface area (Å²) in [5, 5.41) is 0. The van der Waals surface area contributed by atoms with Gasteiger partial charge in [0.2, 0.25) is 0 Å². The van der Waals surface area contributed by atoms with Gasteiger partial charge in [0.15, 0.2) is 6.29 Å². The number of ether oxygens (including phenoxy) is 3. The van der Waals surface area contributed by atoms with E-state index in [1.54, 1.807) is 4.90 Å². The Morgan fingerprint density at radius 2 is 1.80 bits per heavy atom. The van der Waals surface area contributed by atoms with Gasteiger partial charge in [-0.25, -0.2) is 4.79 Å². The van der Waals surface area contributed by atoms with E-state index in [1.807, 2.05) is 56.9 Å². The fourth-order valence-electron chi connectivity index (χ4n) is 6.05. The first-order valence-electron chi connectivity index (χ1n) is 16.6. The van der Waals surface area contributed by atoms with Gasteiger partial charge in [-0.05, 0) is 99.3 Å². The smallest absolute Gasteiger partial charge is 0.410 e. The van der Waals surface area contributed by atoms with Crippen LogP contribution in [0.5, 0.6) is 0 Å². The lowest BCUT2D eigenvalue weighted by molar-refractivity contribution is -0.168. The van der Waals surface area contributed by atoms with Crippen molar-refractivity contribution < 1.29 is 23.8 Å². The van der Waals surface area contributed by atoms with E-state index in [9.17, 15) is 9.59 Å². The van der Waals surface area contributed by atoms with Crippen molar-refractivity contribution >= 4 is 23.1 Å². The molecule has 7 nitrogen and oxygen atoms in total. The van der Waals surface area contributed by atoms with Crippen LogP contribution in [0.15, 0.2) is 84.5 Å². The van der Waals surface area contributed by atoms with Crippen LogP contribution in [-0.2, 0) is 32.2 Å². The van der Waals surface area contributed by atoms with Crippen molar-refractivity contribution in [3.63, 3.8) is 0 Å².